The monoisotopic (exact) mass is 481 g/mol. The summed E-state index contributed by atoms with van der Waals surface area (Å²) in [5.41, 5.74) is 5.51. The number of rotatable bonds is 6. The highest BCUT2D eigenvalue weighted by atomic mass is 16.5. The quantitative estimate of drug-likeness (QED) is 0.492. The Labute approximate surface area is 207 Å². The van der Waals surface area contributed by atoms with Crippen molar-refractivity contribution in [2.24, 2.45) is 0 Å². The molecule has 1 aliphatic heterocycles. The topological polar surface area (TPSA) is 102 Å². The number of hydrogen-bond acceptors (Lipinski definition) is 6. The SMILES string of the molecule is COC(=O)C1=C(C)NC2=C(C(=O)c3ccccc32)[C@@H]1c1ccc(OCc2ccc(C(=O)O)cc2)cc1. The number of carboxylic acid groups (broad SMARTS) is 1. The van der Waals surface area contributed by atoms with Crippen molar-refractivity contribution < 1.29 is 29.0 Å². The van der Waals surface area contributed by atoms with Crippen molar-refractivity contribution in [3.8, 4) is 5.75 Å². The molecule has 1 heterocycles. The van der Waals surface area contributed by atoms with E-state index in [9.17, 15) is 14.4 Å². The van der Waals surface area contributed by atoms with Gasteiger partial charge in [-0.15, -0.1) is 0 Å². The third-order valence-electron chi connectivity index (χ3n) is 6.47. The second kappa shape index (κ2) is 9.19. The van der Waals surface area contributed by atoms with Crippen LogP contribution >= 0.6 is 0 Å². The van der Waals surface area contributed by atoms with Gasteiger partial charge in [-0.05, 0) is 42.3 Å². The molecule has 0 saturated carbocycles. The van der Waals surface area contributed by atoms with Gasteiger partial charge >= 0.3 is 11.9 Å². The number of allylic oxidation sites excluding steroid dienone is 2. The summed E-state index contributed by atoms with van der Waals surface area (Å²) in [5, 5.41) is 12.3. The summed E-state index contributed by atoms with van der Waals surface area (Å²) in [6.45, 7) is 2.07. The van der Waals surface area contributed by atoms with Crippen molar-refractivity contribution in [2.45, 2.75) is 19.4 Å². The van der Waals surface area contributed by atoms with Gasteiger partial charge in [0.2, 0.25) is 0 Å². The van der Waals surface area contributed by atoms with Crippen molar-refractivity contribution in [1.29, 1.82) is 0 Å². The van der Waals surface area contributed by atoms with Gasteiger partial charge in [0.25, 0.3) is 0 Å². The zero-order valence-electron chi connectivity index (χ0n) is 19.7. The molecule has 1 aliphatic carbocycles. The number of esters is 1. The molecule has 0 spiro atoms. The molecular weight excluding hydrogens is 458 g/mol. The van der Waals surface area contributed by atoms with Crippen LogP contribution < -0.4 is 10.1 Å². The molecule has 0 unspecified atom stereocenters. The number of hydrogen-bond donors (Lipinski definition) is 2. The number of benzene rings is 3. The highest BCUT2D eigenvalue weighted by Crippen LogP contribution is 2.46. The lowest BCUT2D eigenvalue weighted by Crippen LogP contribution is -2.29. The summed E-state index contributed by atoms with van der Waals surface area (Å²) in [4.78, 5) is 37.3. The van der Waals surface area contributed by atoms with E-state index < -0.39 is 17.9 Å². The fourth-order valence-electron chi connectivity index (χ4n) is 4.71. The minimum absolute atomic E-state index is 0.114. The van der Waals surface area contributed by atoms with Crippen molar-refractivity contribution in [2.75, 3.05) is 7.11 Å². The van der Waals surface area contributed by atoms with Crippen LogP contribution in [0.25, 0.3) is 5.70 Å². The van der Waals surface area contributed by atoms with Crippen LogP contribution in [0.4, 0.5) is 0 Å². The lowest BCUT2D eigenvalue weighted by atomic mass is 9.80. The van der Waals surface area contributed by atoms with E-state index in [1.165, 1.54) is 19.2 Å². The Bertz CT molecular complexity index is 1450. The maximum Gasteiger partial charge on any atom is 0.336 e. The highest BCUT2D eigenvalue weighted by molar-refractivity contribution is 6.23. The summed E-state index contributed by atoms with van der Waals surface area (Å²) in [6.07, 6.45) is 0. The third-order valence-corrected chi connectivity index (χ3v) is 6.47. The van der Waals surface area contributed by atoms with E-state index in [4.69, 9.17) is 14.6 Å². The minimum atomic E-state index is -0.978. The largest absolute Gasteiger partial charge is 0.489 e. The molecule has 7 heteroatoms. The maximum absolute atomic E-state index is 13.4. The molecule has 3 aromatic rings. The van der Waals surface area contributed by atoms with Gasteiger partial charge in [-0.1, -0.05) is 48.5 Å². The number of ether oxygens (including phenoxy) is 2. The van der Waals surface area contributed by atoms with Crippen molar-refractivity contribution in [3.05, 3.63) is 117 Å². The van der Waals surface area contributed by atoms with Crippen LogP contribution in [0, 0.1) is 0 Å². The number of carbonyl (C=O) groups excluding carboxylic acids is 2. The molecule has 0 radical (unpaired) electrons. The average molecular weight is 482 g/mol. The standard InChI is InChI=1S/C29H23NO6/c1-16-23(29(34)35-2)24(25-26(30-16)21-5-3-4-6-22(21)27(25)31)18-11-13-20(14-12-18)36-15-17-7-9-19(10-8-17)28(32)33/h3-14,24,30H,15H2,1-2H3,(H,32,33)/t24-/m1/s1. The summed E-state index contributed by atoms with van der Waals surface area (Å²) < 4.78 is 10.9. The van der Waals surface area contributed by atoms with Crippen LogP contribution in [0.15, 0.2) is 89.6 Å². The van der Waals surface area contributed by atoms with Crippen LogP contribution in [0.5, 0.6) is 5.75 Å². The summed E-state index contributed by atoms with van der Waals surface area (Å²) in [5.74, 6) is -1.58. The molecule has 36 heavy (non-hydrogen) atoms. The third kappa shape index (κ3) is 3.94. The van der Waals surface area contributed by atoms with Gasteiger partial charge in [0, 0.05) is 28.3 Å². The summed E-state index contributed by atoms with van der Waals surface area (Å²) in [7, 11) is 1.33. The maximum atomic E-state index is 13.4. The molecule has 1 atom stereocenters. The van der Waals surface area contributed by atoms with Crippen LogP contribution in [-0.4, -0.2) is 29.9 Å². The Kier molecular flexibility index (Phi) is 5.90. The van der Waals surface area contributed by atoms with E-state index in [2.05, 4.69) is 5.32 Å². The molecule has 7 nitrogen and oxygen atoms in total. The molecule has 5 rings (SSSR count). The van der Waals surface area contributed by atoms with E-state index >= 15 is 0 Å². The number of aromatic carboxylic acids is 1. The Balaban J connectivity index is 1.45. The van der Waals surface area contributed by atoms with Gasteiger partial charge in [-0.2, -0.15) is 0 Å². The molecule has 180 valence electrons. The van der Waals surface area contributed by atoms with Gasteiger partial charge in [0.1, 0.15) is 12.4 Å². The highest BCUT2D eigenvalue weighted by Gasteiger charge is 2.42. The van der Waals surface area contributed by atoms with Crippen LogP contribution in [0.2, 0.25) is 0 Å². The number of carboxylic acids is 1. The Morgan fingerprint density at radius 1 is 0.944 bits per heavy atom. The molecule has 0 fully saturated rings. The van der Waals surface area contributed by atoms with E-state index in [-0.39, 0.29) is 18.0 Å². The van der Waals surface area contributed by atoms with Crippen molar-refractivity contribution in [1.82, 2.24) is 5.32 Å². The average Bonchev–Trinajstić information content (AvgIpc) is 3.18. The lowest BCUT2D eigenvalue weighted by Gasteiger charge is -2.29. The smallest absolute Gasteiger partial charge is 0.336 e. The van der Waals surface area contributed by atoms with E-state index in [1.807, 2.05) is 37.3 Å². The number of carbonyl (C=O) groups is 3. The molecule has 2 aliphatic rings. The number of methoxy groups -OCH3 is 1. The lowest BCUT2D eigenvalue weighted by molar-refractivity contribution is -0.136. The first-order valence-corrected chi connectivity index (χ1v) is 11.4. The van der Waals surface area contributed by atoms with Crippen molar-refractivity contribution >= 4 is 23.4 Å². The van der Waals surface area contributed by atoms with Crippen LogP contribution in [-0.2, 0) is 16.1 Å². The van der Waals surface area contributed by atoms with E-state index in [0.717, 1.165) is 22.4 Å². The first kappa shape index (κ1) is 23.1. The number of Topliss-reactive ketones (excluding diaryl/α,β-unsaturated/α-hetero) is 1. The molecule has 0 saturated heterocycles. The molecule has 3 aromatic carbocycles. The fourth-order valence-corrected chi connectivity index (χ4v) is 4.71. The number of fused-ring (bicyclic) bond motifs is 2. The molecule has 0 aromatic heterocycles. The Hall–Kier alpha value is -4.65. The summed E-state index contributed by atoms with van der Waals surface area (Å²) in [6, 6.07) is 21.2. The van der Waals surface area contributed by atoms with Gasteiger partial charge in [0.15, 0.2) is 5.78 Å². The zero-order chi connectivity index (χ0) is 25.4. The summed E-state index contributed by atoms with van der Waals surface area (Å²) >= 11 is 0. The van der Waals surface area contributed by atoms with Crippen molar-refractivity contribution in [3.63, 3.8) is 0 Å². The van der Waals surface area contributed by atoms with Crippen LogP contribution in [0.3, 0.4) is 0 Å². The first-order valence-electron chi connectivity index (χ1n) is 11.4. The second-order valence-electron chi connectivity index (χ2n) is 8.61. The predicted octanol–water partition coefficient (Wildman–Crippen LogP) is 4.71. The van der Waals surface area contributed by atoms with Crippen LogP contribution in [0.1, 0.15) is 50.2 Å². The Morgan fingerprint density at radius 2 is 1.61 bits per heavy atom. The Morgan fingerprint density at radius 3 is 2.25 bits per heavy atom. The van der Waals surface area contributed by atoms with Gasteiger partial charge in [-0.25, -0.2) is 9.59 Å². The van der Waals surface area contributed by atoms with Gasteiger partial charge in [-0.3, -0.25) is 4.79 Å². The van der Waals surface area contributed by atoms with E-state index in [0.29, 0.717) is 28.2 Å². The molecule has 2 N–H and O–H groups in total. The molecule has 0 bridgehead atoms. The number of nitrogens with one attached hydrogen (secondary N) is 1. The number of dihydropyridines is 1. The minimum Gasteiger partial charge on any atom is -0.489 e. The number of ketones is 1. The van der Waals surface area contributed by atoms with Gasteiger partial charge < -0.3 is 19.9 Å². The van der Waals surface area contributed by atoms with E-state index in [1.54, 1.807) is 30.3 Å². The zero-order valence-corrected chi connectivity index (χ0v) is 19.7. The van der Waals surface area contributed by atoms with Gasteiger partial charge in [0.05, 0.1) is 23.9 Å². The molecular formula is C29H23NO6. The predicted molar refractivity (Wildman–Crippen MR) is 132 cm³/mol. The second-order valence-corrected chi connectivity index (χ2v) is 8.61. The fraction of sp³-hybridized carbons (Fsp3) is 0.138. The molecule has 0 amide bonds. The first-order chi connectivity index (χ1) is 17.4. The normalized spacial score (nSPS) is 16.3.